The van der Waals surface area contributed by atoms with Crippen molar-refractivity contribution in [3.05, 3.63) is 35.4 Å². The Kier molecular flexibility index (Phi) is 5.10. The Morgan fingerprint density at radius 1 is 1.38 bits per heavy atom. The van der Waals surface area contributed by atoms with Crippen molar-refractivity contribution in [3.8, 4) is 6.07 Å². The molecule has 21 heavy (non-hydrogen) atoms. The van der Waals surface area contributed by atoms with E-state index in [-0.39, 0.29) is 30.0 Å². The molecule has 1 aromatic rings. The van der Waals surface area contributed by atoms with Crippen LogP contribution in [0.25, 0.3) is 0 Å². The molecule has 0 spiro atoms. The summed E-state index contributed by atoms with van der Waals surface area (Å²) >= 11 is 0. The number of nitrogens with zero attached hydrogens (tertiary/aromatic N) is 1. The van der Waals surface area contributed by atoms with Crippen LogP contribution in [0.1, 0.15) is 49.7 Å². The minimum atomic E-state index is -0.254. The lowest BCUT2D eigenvalue weighted by molar-refractivity contribution is -0.144. The highest BCUT2D eigenvalue weighted by atomic mass is 16.5. The van der Waals surface area contributed by atoms with Gasteiger partial charge in [0.25, 0.3) is 0 Å². The van der Waals surface area contributed by atoms with Crippen molar-refractivity contribution in [2.45, 2.75) is 38.5 Å². The highest BCUT2D eigenvalue weighted by molar-refractivity contribution is 5.87. The first-order chi connectivity index (χ1) is 10.2. The fourth-order valence-electron chi connectivity index (χ4n) is 3.00. The molecule has 0 radical (unpaired) electrons. The second kappa shape index (κ2) is 7.03. The van der Waals surface area contributed by atoms with E-state index in [0.717, 1.165) is 18.4 Å². The minimum Gasteiger partial charge on any atom is -0.466 e. The summed E-state index contributed by atoms with van der Waals surface area (Å²) in [6, 6.07) is 9.16. The van der Waals surface area contributed by atoms with Gasteiger partial charge in [-0.15, -0.1) is 0 Å². The lowest BCUT2D eigenvalue weighted by atomic mass is 9.73. The summed E-state index contributed by atoms with van der Waals surface area (Å²) < 4.78 is 5.01. The number of Topliss-reactive ketones (excluding diaryl/α,β-unsaturated/α-hetero) is 1. The van der Waals surface area contributed by atoms with E-state index in [1.807, 2.05) is 12.1 Å². The molecule has 0 saturated heterocycles. The molecule has 2 atom stereocenters. The van der Waals surface area contributed by atoms with E-state index in [1.54, 1.807) is 19.1 Å². The first-order valence-corrected chi connectivity index (χ1v) is 7.34. The summed E-state index contributed by atoms with van der Waals surface area (Å²) in [5.41, 5.74) is 1.47. The molecule has 1 aliphatic rings. The molecule has 4 heteroatoms. The number of hydrogen-bond acceptors (Lipinski definition) is 4. The van der Waals surface area contributed by atoms with Gasteiger partial charge in [0, 0.05) is 18.8 Å². The monoisotopic (exact) mass is 285 g/mol. The number of nitriles is 1. The largest absolute Gasteiger partial charge is 0.466 e. The Morgan fingerprint density at radius 2 is 2.10 bits per heavy atom. The number of ketones is 1. The van der Waals surface area contributed by atoms with E-state index in [4.69, 9.17) is 10.00 Å². The molecule has 0 aliphatic heterocycles. The van der Waals surface area contributed by atoms with E-state index in [2.05, 4.69) is 6.07 Å². The molecular weight excluding hydrogens is 266 g/mol. The number of esters is 1. The normalized spacial score (nSPS) is 21.6. The third-order valence-corrected chi connectivity index (χ3v) is 3.95. The minimum absolute atomic E-state index is 0.00163. The first-order valence-electron chi connectivity index (χ1n) is 7.34. The zero-order valence-electron chi connectivity index (χ0n) is 12.2. The summed E-state index contributed by atoms with van der Waals surface area (Å²) in [5.74, 6) is -0.315. The number of hydrogen-bond donors (Lipinski definition) is 0. The van der Waals surface area contributed by atoms with Crippen molar-refractivity contribution in [1.29, 1.82) is 5.26 Å². The van der Waals surface area contributed by atoms with E-state index in [1.165, 1.54) is 0 Å². The Hall–Kier alpha value is -2.15. The second-order valence-electron chi connectivity index (χ2n) is 5.34. The maximum absolute atomic E-state index is 12.3. The Bertz CT molecular complexity index is 556. The van der Waals surface area contributed by atoms with Gasteiger partial charge in [-0.3, -0.25) is 9.59 Å². The predicted molar refractivity (Wildman–Crippen MR) is 77.5 cm³/mol. The summed E-state index contributed by atoms with van der Waals surface area (Å²) in [4.78, 5) is 24.0. The molecule has 4 nitrogen and oxygen atoms in total. The van der Waals surface area contributed by atoms with Gasteiger partial charge in [-0.2, -0.15) is 5.26 Å². The summed E-state index contributed by atoms with van der Waals surface area (Å²) in [6.07, 6.45) is 2.53. The number of benzene rings is 1. The van der Waals surface area contributed by atoms with Gasteiger partial charge in [0.2, 0.25) is 0 Å². The van der Waals surface area contributed by atoms with Crippen LogP contribution >= 0.6 is 0 Å². The molecule has 110 valence electrons. The van der Waals surface area contributed by atoms with Crippen LogP contribution in [0.4, 0.5) is 0 Å². The standard InChI is InChI=1S/C17H19NO3/c1-2-21-16(20)10-14-4-3-5-15(19)17(14)13-8-6-12(11-18)7-9-13/h6-9,14,17H,2-5,10H2,1H3/t14-,17-/m0/s1. The average molecular weight is 285 g/mol. The van der Waals surface area contributed by atoms with Crippen LogP contribution in [0.2, 0.25) is 0 Å². The zero-order chi connectivity index (χ0) is 15.2. The van der Waals surface area contributed by atoms with Crippen molar-refractivity contribution in [3.63, 3.8) is 0 Å². The van der Waals surface area contributed by atoms with Crippen molar-refractivity contribution < 1.29 is 14.3 Å². The van der Waals surface area contributed by atoms with Gasteiger partial charge in [-0.05, 0) is 43.4 Å². The number of rotatable bonds is 4. The van der Waals surface area contributed by atoms with Crippen LogP contribution in [-0.4, -0.2) is 18.4 Å². The van der Waals surface area contributed by atoms with Crippen molar-refractivity contribution in [1.82, 2.24) is 0 Å². The summed E-state index contributed by atoms with van der Waals surface area (Å²) in [7, 11) is 0. The highest BCUT2D eigenvalue weighted by Crippen LogP contribution is 2.37. The SMILES string of the molecule is CCOC(=O)C[C@@H]1CCCC(=O)[C@H]1c1ccc(C#N)cc1. The molecule has 0 aromatic heterocycles. The lowest BCUT2D eigenvalue weighted by Crippen LogP contribution is -2.28. The summed E-state index contributed by atoms with van der Waals surface area (Å²) in [5, 5.41) is 8.84. The quantitative estimate of drug-likeness (QED) is 0.798. The van der Waals surface area contributed by atoms with Gasteiger partial charge in [-0.25, -0.2) is 0 Å². The van der Waals surface area contributed by atoms with Crippen LogP contribution in [0.5, 0.6) is 0 Å². The van der Waals surface area contributed by atoms with E-state index in [9.17, 15) is 9.59 Å². The van der Waals surface area contributed by atoms with Crippen molar-refractivity contribution in [2.24, 2.45) is 5.92 Å². The molecule has 2 rings (SSSR count). The average Bonchev–Trinajstić information content (AvgIpc) is 2.48. The van der Waals surface area contributed by atoms with Gasteiger partial charge in [-0.1, -0.05) is 12.1 Å². The summed E-state index contributed by atoms with van der Waals surface area (Å²) in [6.45, 7) is 2.14. The van der Waals surface area contributed by atoms with Gasteiger partial charge in [0.1, 0.15) is 5.78 Å². The topological polar surface area (TPSA) is 67.2 Å². The fourth-order valence-corrected chi connectivity index (χ4v) is 3.00. The van der Waals surface area contributed by atoms with Crippen LogP contribution in [0.15, 0.2) is 24.3 Å². The maximum atomic E-state index is 12.3. The molecule has 0 N–H and O–H groups in total. The van der Waals surface area contributed by atoms with Gasteiger partial charge in [0.05, 0.1) is 18.2 Å². The molecule has 1 saturated carbocycles. The van der Waals surface area contributed by atoms with E-state index in [0.29, 0.717) is 18.6 Å². The Labute approximate surface area is 124 Å². The van der Waals surface area contributed by atoms with Crippen molar-refractivity contribution >= 4 is 11.8 Å². The number of carbonyl (C=O) groups excluding carboxylic acids is 2. The van der Waals surface area contributed by atoms with Crippen LogP contribution in [0.3, 0.4) is 0 Å². The molecular formula is C17H19NO3. The highest BCUT2D eigenvalue weighted by Gasteiger charge is 2.34. The number of carbonyl (C=O) groups is 2. The molecule has 0 unspecified atom stereocenters. The third-order valence-electron chi connectivity index (χ3n) is 3.95. The first kappa shape index (κ1) is 15.2. The van der Waals surface area contributed by atoms with Crippen molar-refractivity contribution in [2.75, 3.05) is 6.61 Å². The predicted octanol–water partition coefficient (Wildman–Crippen LogP) is 2.96. The van der Waals surface area contributed by atoms with E-state index < -0.39 is 0 Å². The van der Waals surface area contributed by atoms with Gasteiger partial charge in [0.15, 0.2) is 0 Å². The van der Waals surface area contributed by atoms with Gasteiger partial charge < -0.3 is 4.74 Å². The van der Waals surface area contributed by atoms with E-state index >= 15 is 0 Å². The smallest absolute Gasteiger partial charge is 0.306 e. The zero-order valence-corrected chi connectivity index (χ0v) is 12.2. The fraction of sp³-hybridized carbons (Fsp3) is 0.471. The third kappa shape index (κ3) is 3.69. The Morgan fingerprint density at radius 3 is 2.71 bits per heavy atom. The van der Waals surface area contributed by atoms with Crippen LogP contribution in [-0.2, 0) is 14.3 Å². The number of ether oxygens (including phenoxy) is 1. The Balaban J connectivity index is 2.19. The molecule has 0 heterocycles. The van der Waals surface area contributed by atoms with Gasteiger partial charge >= 0.3 is 5.97 Å². The molecule has 1 fully saturated rings. The molecule has 1 aliphatic carbocycles. The van der Waals surface area contributed by atoms with Crippen LogP contribution < -0.4 is 0 Å². The maximum Gasteiger partial charge on any atom is 0.306 e. The molecule has 0 bridgehead atoms. The lowest BCUT2D eigenvalue weighted by Gasteiger charge is -2.30. The molecule has 1 aromatic carbocycles. The molecule has 0 amide bonds. The second-order valence-corrected chi connectivity index (χ2v) is 5.34. The van der Waals surface area contributed by atoms with Crippen LogP contribution in [0, 0.1) is 17.2 Å².